The van der Waals surface area contributed by atoms with Gasteiger partial charge in [0.25, 0.3) is 0 Å². The van der Waals surface area contributed by atoms with Gasteiger partial charge in [-0.3, -0.25) is 0 Å². The Labute approximate surface area is 628 Å². The molecule has 4 nitrogen and oxygen atoms in total. The average molecular weight is 1380 g/mol. The van der Waals surface area contributed by atoms with Crippen molar-refractivity contribution >= 4 is 87.2 Å². The zero-order valence-electron chi connectivity index (χ0n) is 61.3. The van der Waals surface area contributed by atoms with Crippen LogP contribution in [0.1, 0.15) is 61.1 Å². The first-order valence-electron chi connectivity index (χ1n) is 37.9. The van der Waals surface area contributed by atoms with Crippen LogP contribution in [0.3, 0.4) is 0 Å². The Morgan fingerprint density at radius 3 is 0.907 bits per heavy atom. The van der Waals surface area contributed by atoms with Crippen LogP contribution in [-0.4, -0.2) is 18.3 Å². The molecule has 0 radical (unpaired) electrons. The van der Waals surface area contributed by atoms with Crippen molar-refractivity contribution in [1.29, 1.82) is 0 Å². The molecule has 0 bridgehead atoms. The van der Waals surface area contributed by atoms with E-state index in [0.29, 0.717) is 0 Å². The van der Waals surface area contributed by atoms with E-state index in [1.165, 1.54) is 210 Å². The van der Waals surface area contributed by atoms with E-state index in [2.05, 4.69) is 412 Å². The van der Waals surface area contributed by atoms with Crippen LogP contribution >= 0.6 is 0 Å². The maximum absolute atomic E-state index is 2.45. The molecule has 0 aliphatic heterocycles. The average Bonchev–Trinajstić information content (AvgIpc) is 1.58. The molecule has 16 aromatic carbocycles. The highest BCUT2D eigenvalue weighted by Gasteiger charge is 2.37. The van der Waals surface area contributed by atoms with Crippen LogP contribution in [0.2, 0.25) is 0 Å². The maximum atomic E-state index is 2.45. The van der Waals surface area contributed by atoms with Crippen molar-refractivity contribution < 1.29 is 0 Å². The zero-order chi connectivity index (χ0) is 72.3. The quantitative estimate of drug-likeness (QED) is 0.144. The van der Waals surface area contributed by atoms with Gasteiger partial charge in [-0.1, -0.05) is 258 Å². The second-order valence-electron chi connectivity index (χ2n) is 31.0. The summed E-state index contributed by atoms with van der Waals surface area (Å²) in [5.74, 6) is 0. The maximum Gasteiger partial charge on any atom is 0.0543 e. The summed E-state index contributed by atoms with van der Waals surface area (Å²) in [6, 6.07) is 130. The Morgan fingerprint density at radius 2 is 0.463 bits per heavy atom. The van der Waals surface area contributed by atoms with E-state index in [9.17, 15) is 0 Å². The summed E-state index contributed by atoms with van der Waals surface area (Å²) in [7, 11) is 0. The Kier molecular flexibility index (Phi) is 14.1. The lowest BCUT2D eigenvalue weighted by Gasteiger charge is -2.22. The third-order valence-corrected chi connectivity index (χ3v) is 24.0. The van der Waals surface area contributed by atoms with Gasteiger partial charge >= 0.3 is 0 Å². The van der Waals surface area contributed by atoms with E-state index in [0.717, 1.165) is 0 Å². The van der Waals surface area contributed by atoms with Gasteiger partial charge < -0.3 is 18.3 Å². The van der Waals surface area contributed by atoms with Crippen molar-refractivity contribution in [2.24, 2.45) is 0 Å². The molecule has 2 aliphatic carbocycles. The number of aryl methyl sites for hydroxylation is 2. The third kappa shape index (κ3) is 9.76. The van der Waals surface area contributed by atoms with E-state index < -0.39 is 0 Å². The molecule has 0 fully saturated rings. The Bertz CT molecular complexity index is 7080. The summed E-state index contributed by atoms with van der Waals surface area (Å²) in [4.78, 5) is 0. The van der Waals surface area contributed by atoms with Crippen LogP contribution in [0.5, 0.6) is 0 Å². The van der Waals surface area contributed by atoms with Gasteiger partial charge in [0, 0.05) is 76.7 Å². The van der Waals surface area contributed by atoms with E-state index in [1.807, 2.05) is 0 Å². The number of rotatable bonds is 8. The standard InChI is InChI=1S/2C52H38N2/c1-33-17-26-49-43(29-33)45-31-37(21-28-51(45)53(49)38-22-18-35(19-23-38)34-11-5-4-6-12-34)36-20-27-50-44(30-36)42-14-8-10-16-48(42)54(50)39-24-25-41-40-13-7-9-15-46(40)52(2,3)47(41)32-39;1-33-17-25-43-45-31-37(20-27-49(45)53(51(43)29-33)38-22-18-35(19-23-38)34-11-5-4-6-12-34)36-21-28-50-44(30-36)42-14-8-10-16-48(42)54(50)39-24-26-41-40-13-7-9-15-46(40)52(2,3)47(41)32-39/h2*4-32H,1-3H3. The number of fused-ring (bicyclic) bond motifs is 18. The molecule has 512 valence electrons. The Balaban J connectivity index is 0.000000138. The topological polar surface area (TPSA) is 19.7 Å². The minimum atomic E-state index is -0.0558. The molecule has 0 atom stereocenters. The summed E-state index contributed by atoms with van der Waals surface area (Å²) >= 11 is 0. The fourth-order valence-electron chi connectivity index (χ4n) is 18.6. The number of para-hydroxylation sites is 2. The van der Waals surface area contributed by atoms with Crippen molar-refractivity contribution in [1.82, 2.24) is 18.3 Å². The first-order chi connectivity index (χ1) is 52.9. The molecule has 2 aliphatic rings. The molecule has 0 saturated carbocycles. The number of hydrogen-bond donors (Lipinski definition) is 0. The lowest BCUT2D eigenvalue weighted by molar-refractivity contribution is 0.660. The van der Waals surface area contributed by atoms with Crippen LogP contribution < -0.4 is 0 Å². The first kappa shape index (κ1) is 63.2. The van der Waals surface area contributed by atoms with Crippen molar-refractivity contribution in [3.63, 3.8) is 0 Å². The predicted molar refractivity (Wildman–Crippen MR) is 457 cm³/mol. The smallest absolute Gasteiger partial charge is 0.0543 e. The molecule has 108 heavy (non-hydrogen) atoms. The van der Waals surface area contributed by atoms with Crippen molar-refractivity contribution in [3.8, 4) is 89.5 Å². The van der Waals surface area contributed by atoms with E-state index >= 15 is 0 Å². The number of benzene rings is 16. The van der Waals surface area contributed by atoms with Gasteiger partial charge in [0.2, 0.25) is 0 Å². The van der Waals surface area contributed by atoms with E-state index in [4.69, 9.17) is 0 Å². The van der Waals surface area contributed by atoms with Crippen molar-refractivity contribution in [2.75, 3.05) is 0 Å². The molecule has 4 heteroatoms. The normalized spacial score (nSPS) is 13.2. The number of aromatic nitrogens is 4. The highest BCUT2D eigenvalue weighted by Crippen LogP contribution is 2.52. The summed E-state index contributed by atoms with van der Waals surface area (Å²) in [6.45, 7) is 13.8. The molecular weight excluding hydrogens is 1310 g/mol. The molecule has 4 aromatic heterocycles. The van der Waals surface area contributed by atoms with Crippen LogP contribution in [-0.2, 0) is 10.8 Å². The summed E-state index contributed by atoms with van der Waals surface area (Å²) in [5.41, 5.74) is 37.7. The minimum absolute atomic E-state index is 0.0556. The second kappa shape index (κ2) is 24.1. The largest absolute Gasteiger partial charge is 0.309 e. The fourth-order valence-corrected chi connectivity index (χ4v) is 18.6. The van der Waals surface area contributed by atoms with Crippen molar-refractivity contribution in [3.05, 3.63) is 385 Å². The molecule has 4 heterocycles. The summed E-state index contributed by atoms with van der Waals surface area (Å²) < 4.78 is 9.74. The van der Waals surface area contributed by atoms with Gasteiger partial charge in [-0.2, -0.15) is 0 Å². The molecule has 20 aromatic rings. The van der Waals surface area contributed by atoms with Gasteiger partial charge in [-0.15, -0.1) is 0 Å². The van der Waals surface area contributed by atoms with E-state index in [-0.39, 0.29) is 10.8 Å². The highest BCUT2D eigenvalue weighted by atomic mass is 15.0. The molecule has 0 amide bonds. The Morgan fingerprint density at radius 1 is 0.176 bits per heavy atom. The minimum Gasteiger partial charge on any atom is -0.309 e. The molecule has 0 saturated heterocycles. The molecule has 0 unspecified atom stereocenters. The van der Waals surface area contributed by atoms with Crippen LogP contribution in [0.25, 0.3) is 177 Å². The van der Waals surface area contributed by atoms with Crippen LogP contribution in [0.15, 0.2) is 352 Å². The zero-order valence-corrected chi connectivity index (χ0v) is 61.3. The first-order valence-corrected chi connectivity index (χ1v) is 37.9. The lowest BCUT2D eigenvalue weighted by Crippen LogP contribution is -2.15. The Hall–Kier alpha value is -13.3. The van der Waals surface area contributed by atoms with Crippen LogP contribution in [0.4, 0.5) is 0 Å². The van der Waals surface area contributed by atoms with Crippen LogP contribution in [0, 0.1) is 13.8 Å². The van der Waals surface area contributed by atoms with E-state index in [1.54, 1.807) is 0 Å². The SMILES string of the molecule is Cc1ccc2c(c1)c1cc(-c3ccc4c(c3)c3ccccc3n4-c3ccc4c(c3)C(C)(C)c3ccccc3-4)ccc1n2-c1ccc(-c2ccccc2)cc1.Cc1ccc2c3cc(-c4ccc5c(c4)c4ccccc4n5-c4ccc5c(c4)C(C)(C)c4ccccc4-5)ccc3n(-c3ccc(-c4ccccc4)cc3)c2c1. The monoisotopic (exact) mass is 1380 g/mol. The number of nitrogens with zero attached hydrogens (tertiary/aromatic N) is 4. The molecular formula is C104H76N4. The van der Waals surface area contributed by atoms with Gasteiger partial charge in [-0.05, 0) is 236 Å². The molecule has 22 rings (SSSR count). The fraction of sp³-hybridized carbons (Fsp3) is 0.0769. The molecule has 0 spiro atoms. The predicted octanol–water partition coefficient (Wildman–Crippen LogP) is 27.7. The lowest BCUT2D eigenvalue weighted by atomic mass is 9.82. The molecule has 0 N–H and O–H groups in total. The van der Waals surface area contributed by atoms with Gasteiger partial charge in [0.05, 0.1) is 44.1 Å². The number of hydrogen-bond acceptors (Lipinski definition) is 0. The summed E-state index contributed by atoms with van der Waals surface area (Å²) in [6.07, 6.45) is 0. The van der Waals surface area contributed by atoms with Crippen molar-refractivity contribution in [2.45, 2.75) is 52.4 Å². The van der Waals surface area contributed by atoms with Gasteiger partial charge in [0.15, 0.2) is 0 Å². The van der Waals surface area contributed by atoms with Gasteiger partial charge in [0.1, 0.15) is 0 Å². The second-order valence-corrected chi connectivity index (χ2v) is 31.0. The highest BCUT2D eigenvalue weighted by molar-refractivity contribution is 6.15. The van der Waals surface area contributed by atoms with Gasteiger partial charge in [-0.25, -0.2) is 0 Å². The summed E-state index contributed by atoms with van der Waals surface area (Å²) in [5, 5.41) is 10.1. The third-order valence-electron chi connectivity index (χ3n) is 24.0.